The fraction of sp³-hybridized carbons (Fsp3) is 0.200. The van der Waals surface area contributed by atoms with E-state index in [1.165, 1.54) is 0 Å². The maximum absolute atomic E-state index is 12.4. The molecule has 1 saturated heterocycles. The van der Waals surface area contributed by atoms with Crippen LogP contribution < -0.4 is 4.90 Å². The summed E-state index contributed by atoms with van der Waals surface area (Å²) in [7, 11) is 0. The number of amidine groups is 1. The summed E-state index contributed by atoms with van der Waals surface area (Å²) in [5.41, 5.74) is 1.92. The number of Topliss-reactive ketones (excluding diaryl/α,β-unsaturated/α-hetero) is 1. The van der Waals surface area contributed by atoms with Gasteiger partial charge in [-0.1, -0.05) is 18.2 Å². The second-order valence-electron chi connectivity index (χ2n) is 4.80. The molecule has 1 atom stereocenters. The van der Waals surface area contributed by atoms with Crippen LogP contribution in [0, 0.1) is 5.92 Å². The first kappa shape index (κ1) is 10.9. The molecule has 0 bridgehead atoms. The molecule has 0 saturated carbocycles. The number of aliphatic imine (C=N–C) groups is 1. The van der Waals surface area contributed by atoms with E-state index in [0.717, 1.165) is 35.1 Å². The van der Waals surface area contributed by atoms with Gasteiger partial charge >= 0.3 is 0 Å². The van der Waals surface area contributed by atoms with Gasteiger partial charge in [-0.2, -0.15) is 0 Å². The number of nitrogens with zero attached hydrogens (tertiary/aromatic N) is 2. The molecule has 0 radical (unpaired) electrons. The van der Waals surface area contributed by atoms with E-state index in [-0.39, 0.29) is 11.7 Å². The highest BCUT2D eigenvalue weighted by Gasteiger charge is 2.39. The van der Waals surface area contributed by atoms with Gasteiger partial charge in [0.1, 0.15) is 10.8 Å². The highest BCUT2D eigenvalue weighted by molar-refractivity contribution is 7.14. The summed E-state index contributed by atoms with van der Waals surface area (Å²) in [6.07, 6.45) is 0.863. The Morgan fingerprint density at radius 3 is 2.89 bits per heavy atom. The Bertz CT molecular complexity index is 674. The van der Waals surface area contributed by atoms with Crippen LogP contribution in [0.15, 0.2) is 46.8 Å². The van der Waals surface area contributed by atoms with Gasteiger partial charge in [-0.25, -0.2) is 4.99 Å². The first-order chi connectivity index (χ1) is 9.34. The predicted octanol–water partition coefficient (Wildman–Crippen LogP) is 3.50. The van der Waals surface area contributed by atoms with Crippen molar-refractivity contribution in [3.8, 4) is 0 Å². The molecule has 2 aliphatic rings. The molecule has 94 valence electrons. The van der Waals surface area contributed by atoms with Gasteiger partial charge in [-0.15, -0.1) is 11.3 Å². The molecule has 1 aromatic carbocycles. The normalized spacial score (nSPS) is 21.1. The third-order valence-electron chi connectivity index (χ3n) is 3.74. The summed E-state index contributed by atoms with van der Waals surface area (Å²) in [5, 5.41) is 2.81. The molecule has 1 unspecified atom stereocenters. The van der Waals surface area contributed by atoms with Gasteiger partial charge in [0.2, 0.25) is 0 Å². The van der Waals surface area contributed by atoms with Crippen LogP contribution >= 0.6 is 11.3 Å². The molecular formula is C15H12N2OS. The van der Waals surface area contributed by atoms with Gasteiger partial charge in [0, 0.05) is 12.2 Å². The summed E-state index contributed by atoms with van der Waals surface area (Å²) in [4.78, 5) is 19.3. The Balaban J connectivity index is 1.82. The fourth-order valence-corrected chi connectivity index (χ4v) is 3.59. The van der Waals surface area contributed by atoms with Crippen LogP contribution in [0.5, 0.6) is 0 Å². The van der Waals surface area contributed by atoms with Crippen LogP contribution in [0.1, 0.15) is 16.8 Å². The number of carbonyl (C=O) groups is 1. The molecule has 1 aromatic heterocycles. The highest BCUT2D eigenvalue weighted by atomic mass is 32.1. The number of carbonyl (C=O) groups excluding carboxylic acids is 1. The number of rotatable bonds is 1. The van der Waals surface area contributed by atoms with Gasteiger partial charge in [0.05, 0.1) is 11.5 Å². The molecule has 0 aliphatic carbocycles. The first-order valence-corrected chi connectivity index (χ1v) is 7.25. The zero-order valence-corrected chi connectivity index (χ0v) is 11.1. The number of anilines is 1. The van der Waals surface area contributed by atoms with Crippen molar-refractivity contribution in [2.24, 2.45) is 10.9 Å². The number of ketones is 1. The lowest BCUT2D eigenvalue weighted by Crippen LogP contribution is -2.32. The fourth-order valence-electron chi connectivity index (χ4n) is 2.81. The average Bonchev–Trinajstić information content (AvgIpc) is 3.07. The Morgan fingerprint density at radius 2 is 2.05 bits per heavy atom. The van der Waals surface area contributed by atoms with Gasteiger partial charge in [-0.05, 0) is 30.0 Å². The van der Waals surface area contributed by atoms with Crippen LogP contribution in [0.3, 0.4) is 0 Å². The lowest BCUT2D eigenvalue weighted by atomic mass is 9.95. The second kappa shape index (κ2) is 4.03. The van der Waals surface area contributed by atoms with E-state index in [1.54, 1.807) is 11.3 Å². The molecule has 2 aliphatic heterocycles. The average molecular weight is 268 g/mol. The highest BCUT2D eigenvalue weighted by Crippen LogP contribution is 2.39. The number of thiophene rings is 1. The molecule has 0 spiro atoms. The maximum Gasteiger partial charge on any atom is 0.176 e. The minimum absolute atomic E-state index is 0.0534. The molecule has 19 heavy (non-hydrogen) atoms. The van der Waals surface area contributed by atoms with Gasteiger partial charge in [0.15, 0.2) is 5.78 Å². The Morgan fingerprint density at radius 1 is 1.21 bits per heavy atom. The Labute approximate surface area is 115 Å². The van der Waals surface area contributed by atoms with Crippen LogP contribution in [0.25, 0.3) is 0 Å². The lowest BCUT2D eigenvalue weighted by Gasteiger charge is -2.23. The number of para-hydroxylation sites is 1. The number of hydrogen-bond donors (Lipinski definition) is 0. The standard InChI is InChI=1S/C15H12N2OS/c18-13-11-6-8-17(10-4-2-1-3-5-10)14(11)16-15-12(13)7-9-19-15/h1-5,7,9,11H,6,8H2. The zero-order chi connectivity index (χ0) is 12.8. The smallest absolute Gasteiger partial charge is 0.176 e. The van der Waals surface area contributed by atoms with Crippen molar-refractivity contribution in [3.63, 3.8) is 0 Å². The van der Waals surface area contributed by atoms with Crippen molar-refractivity contribution in [1.29, 1.82) is 0 Å². The predicted molar refractivity (Wildman–Crippen MR) is 77.6 cm³/mol. The first-order valence-electron chi connectivity index (χ1n) is 6.37. The van der Waals surface area contributed by atoms with Gasteiger partial charge in [-0.3, -0.25) is 4.79 Å². The molecule has 2 aromatic rings. The van der Waals surface area contributed by atoms with E-state index in [0.29, 0.717) is 0 Å². The van der Waals surface area contributed by atoms with Crippen molar-refractivity contribution >= 4 is 33.6 Å². The zero-order valence-electron chi connectivity index (χ0n) is 10.2. The molecule has 3 nitrogen and oxygen atoms in total. The molecule has 4 rings (SSSR count). The Hall–Kier alpha value is -1.94. The van der Waals surface area contributed by atoms with E-state index in [9.17, 15) is 4.79 Å². The summed E-state index contributed by atoms with van der Waals surface area (Å²) in [5.74, 6) is 1.10. The number of hydrogen-bond acceptors (Lipinski definition) is 4. The summed E-state index contributed by atoms with van der Waals surface area (Å²) >= 11 is 1.54. The second-order valence-corrected chi connectivity index (χ2v) is 5.70. The van der Waals surface area contributed by atoms with Gasteiger partial charge in [0.25, 0.3) is 0 Å². The molecule has 1 fully saturated rings. The van der Waals surface area contributed by atoms with E-state index >= 15 is 0 Å². The third-order valence-corrected chi connectivity index (χ3v) is 4.55. The molecule has 4 heteroatoms. The quantitative estimate of drug-likeness (QED) is 0.793. The van der Waals surface area contributed by atoms with Crippen molar-refractivity contribution in [1.82, 2.24) is 0 Å². The van der Waals surface area contributed by atoms with Crippen LogP contribution in [0.2, 0.25) is 0 Å². The van der Waals surface area contributed by atoms with Crippen LogP contribution in [0.4, 0.5) is 10.7 Å². The molecular weight excluding hydrogens is 256 g/mol. The lowest BCUT2D eigenvalue weighted by molar-refractivity contribution is 0.0954. The van der Waals surface area contributed by atoms with Crippen LogP contribution in [-0.4, -0.2) is 18.2 Å². The monoisotopic (exact) mass is 268 g/mol. The Kier molecular flexibility index (Phi) is 2.32. The van der Waals surface area contributed by atoms with E-state index < -0.39 is 0 Å². The maximum atomic E-state index is 12.4. The van der Waals surface area contributed by atoms with E-state index in [1.807, 2.05) is 29.6 Å². The van der Waals surface area contributed by atoms with Crippen molar-refractivity contribution in [2.45, 2.75) is 6.42 Å². The van der Waals surface area contributed by atoms with Crippen molar-refractivity contribution < 1.29 is 4.79 Å². The van der Waals surface area contributed by atoms with Crippen molar-refractivity contribution in [3.05, 3.63) is 47.3 Å². The number of fused-ring (bicyclic) bond motifs is 2. The largest absolute Gasteiger partial charge is 0.329 e. The summed E-state index contributed by atoms with van der Waals surface area (Å²) in [6.45, 7) is 0.869. The minimum atomic E-state index is -0.0534. The van der Waals surface area contributed by atoms with E-state index in [2.05, 4.69) is 17.0 Å². The topological polar surface area (TPSA) is 32.7 Å². The summed E-state index contributed by atoms with van der Waals surface area (Å²) < 4.78 is 0. The third kappa shape index (κ3) is 1.56. The van der Waals surface area contributed by atoms with Crippen molar-refractivity contribution in [2.75, 3.05) is 11.4 Å². The van der Waals surface area contributed by atoms with Crippen LogP contribution in [-0.2, 0) is 0 Å². The SMILES string of the molecule is O=C1c2ccsc2N=C2C1CCN2c1ccccc1. The molecule has 0 amide bonds. The number of benzene rings is 1. The van der Waals surface area contributed by atoms with Gasteiger partial charge < -0.3 is 4.90 Å². The minimum Gasteiger partial charge on any atom is -0.329 e. The van der Waals surface area contributed by atoms with E-state index in [4.69, 9.17) is 4.99 Å². The summed E-state index contributed by atoms with van der Waals surface area (Å²) in [6, 6.07) is 12.1. The molecule has 0 N–H and O–H groups in total. The molecule has 3 heterocycles.